The Kier molecular flexibility index (Phi) is 3.97. The van der Waals surface area contributed by atoms with Crippen molar-refractivity contribution in [2.24, 2.45) is 0 Å². The molecule has 1 aliphatic rings. The van der Waals surface area contributed by atoms with Gasteiger partial charge in [0.1, 0.15) is 5.82 Å². The van der Waals surface area contributed by atoms with Gasteiger partial charge in [-0.1, -0.05) is 30.3 Å². The van der Waals surface area contributed by atoms with E-state index in [1.54, 1.807) is 6.07 Å². The average molecular weight is 287 g/mol. The molecule has 0 aromatic heterocycles. The van der Waals surface area contributed by atoms with Crippen LogP contribution in [0.2, 0.25) is 0 Å². The van der Waals surface area contributed by atoms with E-state index in [2.05, 4.69) is 36.1 Å². The summed E-state index contributed by atoms with van der Waals surface area (Å²) in [5.74, 6) is 1.44. The molecule has 2 aromatic carbocycles. The topological polar surface area (TPSA) is 3.24 Å². The zero-order chi connectivity index (χ0) is 13.9. The van der Waals surface area contributed by atoms with Crippen molar-refractivity contribution in [3.63, 3.8) is 0 Å². The second-order valence-corrected chi connectivity index (χ2v) is 6.10. The molecular weight excluding hydrogens is 269 g/mol. The molecule has 0 spiro atoms. The van der Waals surface area contributed by atoms with Crippen LogP contribution in [0.1, 0.15) is 18.4 Å². The van der Waals surface area contributed by atoms with Crippen LogP contribution in [0.4, 0.5) is 10.1 Å². The Morgan fingerprint density at radius 3 is 2.70 bits per heavy atom. The molecule has 0 aliphatic carbocycles. The molecule has 1 heterocycles. The second-order valence-electron chi connectivity index (χ2n) is 5.04. The highest BCUT2D eigenvalue weighted by Crippen LogP contribution is 2.40. The zero-order valence-corrected chi connectivity index (χ0v) is 12.4. The van der Waals surface area contributed by atoms with Crippen molar-refractivity contribution in [1.82, 2.24) is 0 Å². The van der Waals surface area contributed by atoms with Crippen LogP contribution < -0.4 is 4.90 Å². The number of thioether (sulfide) groups is 1. The van der Waals surface area contributed by atoms with Gasteiger partial charge in [-0.2, -0.15) is 0 Å². The van der Waals surface area contributed by atoms with E-state index in [1.807, 2.05) is 23.9 Å². The van der Waals surface area contributed by atoms with Crippen molar-refractivity contribution in [3.05, 3.63) is 59.9 Å². The van der Waals surface area contributed by atoms with Crippen LogP contribution in [-0.2, 0) is 0 Å². The second kappa shape index (κ2) is 5.88. The van der Waals surface area contributed by atoms with Gasteiger partial charge in [-0.3, -0.25) is 0 Å². The van der Waals surface area contributed by atoms with E-state index < -0.39 is 0 Å². The molecule has 0 N–H and O–H groups in total. The van der Waals surface area contributed by atoms with Crippen molar-refractivity contribution in [2.75, 3.05) is 23.7 Å². The Morgan fingerprint density at radius 1 is 1.15 bits per heavy atom. The lowest BCUT2D eigenvalue weighted by Gasteiger charge is -2.27. The van der Waals surface area contributed by atoms with Gasteiger partial charge in [0.25, 0.3) is 0 Å². The molecular formula is C17H18FNS. The third-order valence-corrected chi connectivity index (χ3v) is 5.07. The number of anilines is 1. The van der Waals surface area contributed by atoms with Gasteiger partial charge in [0.2, 0.25) is 0 Å². The maximum atomic E-state index is 13.9. The number of nitrogens with zero attached hydrogens (tertiary/aromatic N) is 1. The molecule has 2 aromatic rings. The first-order valence-electron chi connectivity index (χ1n) is 7.00. The molecule has 1 aliphatic heterocycles. The maximum Gasteiger partial charge on any atom is 0.146 e. The summed E-state index contributed by atoms with van der Waals surface area (Å²) in [5, 5.41) is 0. The molecule has 0 amide bonds. The minimum Gasteiger partial charge on any atom is -0.369 e. The van der Waals surface area contributed by atoms with Crippen molar-refractivity contribution in [2.45, 2.75) is 17.7 Å². The van der Waals surface area contributed by atoms with Crippen molar-refractivity contribution in [3.8, 4) is 0 Å². The summed E-state index contributed by atoms with van der Waals surface area (Å²) in [7, 11) is 0. The van der Waals surface area contributed by atoms with E-state index in [9.17, 15) is 4.39 Å². The largest absolute Gasteiger partial charge is 0.369 e. The maximum absolute atomic E-state index is 13.9. The van der Waals surface area contributed by atoms with Crippen LogP contribution in [-0.4, -0.2) is 18.8 Å². The van der Waals surface area contributed by atoms with E-state index in [1.165, 1.54) is 16.5 Å². The van der Waals surface area contributed by atoms with Gasteiger partial charge in [-0.15, -0.1) is 11.8 Å². The predicted molar refractivity (Wildman–Crippen MR) is 84.2 cm³/mol. The molecule has 1 nitrogen and oxygen atoms in total. The van der Waals surface area contributed by atoms with E-state index in [0.29, 0.717) is 11.6 Å². The molecule has 3 rings (SSSR count). The monoisotopic (exact) mass is 287 g/mol. The molecule has 0 saturated carbocycles. The first-order chi connectivity index (χ1) is 9.79. The van der Waals surface area contributed by atoms with E-state index in [4.69, 9.17) is 0 Å². The number of likely N-dealkylation sites (N-methyl/N-ethyl adjacent to an activating group) is 1. The minimum absolute atomic E-state index is 0.131. The lowest BCUT2D eigenvalue weighted by Crippen LogP contribution is -2.29. The highest BCUT2D eigenvalue weighted by molar-refractivity contribution is 7.99. The quantitative estimate of drug-likeness (QED) is 0.812. The van der Waals surface area contributed by atoms with Gasteiger partial charge in [0, 0.05) is 29.7 Å². The fraction of sp³-hybridized carbons (Fsp3) is 0.294. The highest BCUT2D eigenvalue weighted by atomic mass is 32.2. The Morgan fingerprint density at radius 2 is 1.90 bits per heavy atom. The number of fused-ring (bicyclic) bond motifs is 1. The van der Waals surface area contributed by atoms with Crippen molar-refractivity contribution < 1.29 is 4.39 Å². The summed E-state index contributed by atoms with van der Waals surface area (Å²) >= 11 is 1.91. The third-order valence-electron chi connectivity index (χ3n) is 3.81. The lowest BCUT2D eigenvalue weighted by molar-refractivity contribution is 0.611. The Hall–Kier alpha value is -1.48. The first kappa shape index (κ1) is 13.5. The summed E-state index contributed by atoms with van der Waals surface area (Å²) in [4.78, 5) is 3.52. The van der Waals surface area contributed by atoms with Crippen LogP contribution in [0.5, 0.6) is 0 Å². The molecule has 0 saturated heterocycles. The number of hydrogen-bond acceptors (Lipinski definition) is 2. The Labute approximate surface area is 123 Å². The van der Waals surface area contributed by atoms with E-state index in [-0.39, 0.29) is 5.82 Å². The highest BCUT2D eigenvalue weighted by Gasteiger charge is 2.25. The molecule has 0 radical (unpaired) electrons. The number of para-hydroxylation sites is 1. The van der Waals surface area contributed by atoms with Gasteiger partial charge >= 0.3 is 0 Å². The summed E-state index contributed by atoms with van der Waals surface area (Å²) in [6, 6.07) is 15.6. The Balaban J connectivity index is 1.82. The van der Waals surface area contributed by atoms with E-state index >= 15 is 0 Å². The zero-order valence-electron chi connectivity index (χ0n) is 11.6. The lowest BCUT2D eigenvalue weighted by atomic mass is 10.0. The molecule has 1 atom stereocenters. The number of halogens is 1. The summed E-state index contributed by atoms with van der Waals surface area (Å²) < 4.78 is 13.9. The Bertz CT molecular complexity index is 599. The smallest absolute Gasteiger partial charge is 0.146 e. The van der Waals surface area contributed by atoms with Gasteiger partial charge in [-0.25, -0.2) is 4.39 Å². The fourth-order valence-corrected chi connectivity index (χ4v) is 3.99. The van der Waals surface area contributed by atoms with Gasteiger partial charge in [0.05, 0.1) is 5.69 Å². The average Bonchev–Trinajstić information content (AvgIpc) is 2.89. The SMILES string of the molecule is CCN(CC1CSc2ccccc21)c1ccccc1F. The van der Waals surface area contributed by atoms with Crippen LogP contribution >= 0.6 is 11.8 Å². The molecule has 3 heteroatoms. The number of benzene rings is 2. The summed E-state index contributed by atoms with van der Waals surface area (Å²) in [5.41, 5.74) is 2.12. The van der Waals surface area contributed by atoms with Crippen LogP contribution in [0, 0.1) is 5.82 Å². The minimum atomic E-state index is -0.131. The first-order valence-corrected chi connectivity index (χ1v) is 7.99. The van der Waals surface area contributed by atoms with Crippen LogP contribution in [0.15, 0.2) is 53.4 Å². The van der Waals surface area contributed by atoms with Gasteiger partial charge in [-0.05, 0) is 30.7 Å². The molecule has 104 valence electrons. The summed E-state index contributed by atoms with van der Waals surface area (Å²) in [6.45, 7) is 3.78. The standard InChI is InChI=1S/C17H18FNS/c1-2-19(16-9-5-4-8-15(16)18)11-13-12-20-17-10-6-3-7-14(13)17/h3-10,13H,2,11-12H2,1H3. The van der Waals surface area contributed by atoms with Crippen molar-refractivity contribution >= 4 is 17.4 Å². The van der Waals surface area contributed by atoms with Crippen LogP contribution in [0.25, 0.3) is 0 Å². The predicted octanol–water partition coefficient (Wildman–Crippen LogP) is 4.54. The molecule has 20 heavy (non-hydrogen) atoms. The molecule has 0 fully saturated rings. The molecule has 1 unspecified atom stereocenters. The number of rotatable bonds is 4. The molecule has 0 bridgehead atoms. The fourth-order valence-electron chi connectivity index (χ4n) is 2.75. The van der Waals surface area contributed by atoms with Crippen LogP contribution in [0.3, 0.4) is 0 Å². The van der Waals surface area contributed by atoms with Crippen molar-refractivity contribution in [1.29, 1.82) is 0 Å². The van der Waals surface area contributed by atoms with E-state index in [0.717, 1.165) is 18.8 Å². The summed E-state index contributed by atoms with van der Waals surface area (Å²) in [6.07, 6.45) is 0. The number of hydrogen-bond donors (Lipinski definition) is 0. The van der Waals surface area contributed by atoms with Gasteiger partial charge < -0.3 is 4.90 Å². The van der Waals surface area contributed by atoms with Gasteiger partial charge in [0.15, 0.2) is 0 Å². The third kappa shape index (κ3) is 2.55. The normalized spacial score (nSPS) is 17.0.